The summed E-state index contributed by atoms with van der Waals surface area (Å²) in [6, 6.07) is 12.9. The van der Waals surface area contributed by atoms with E-state index in [-0.39, 0.29) is 17.4 Å². The molecule has 0 spiro atoms. The van der Waals surface area contributed by atoms with Crippen molar-refractivity contribution in [1.82, 2.24) is 0 Å². The number of ketones is 1. The molecule has 2 aromatic rings. The van der Waals surface area contributed by atoms with Crippen molar-refractivity contribution in [3.05, 3.63) is 65.7 Å². The van der Waals surface area contributed by atoms with Gasteiger partial charge in [0.2, 0.25) is 0 Å². The van der Waals surface area contributed by atoms with Crippen LogP contribution >= 0.6 is 0 Å². The lowest BCUT2D eigenvalue weighted by molar-refractivity contribution is -0.139. The zero-order valence-corrected chi connectivity index (χ0v) is 14.0. The van der Waals surface area contributed by atoms with Crippen LogP contribution < -0.4 is 4.74 Å². The van der Waals surface area contributed by atoms with E-state index in [1.54, 1.807) is 6.07 Å². The fourth-order valence-electron chi connectivity index (χ4n) is 2.95. The standard InChI is InChI=1S/C20H19F3O3/c21-20(22,23)18(14-6-2-1-3-7-14)19(24)15-9-11-16(12-10-15)26-17-8-4-5-13-25-17/h1-3,6-7,9-12,17-18H,4-5,8,13H2. The summed E-state index contributed by atoms with van der Waals surface area (Å²) in [5.74, 6) is -2.70. The molecular weight excluding hydrogens is 345 g/mol. The molecule has 0 aliphatic carbocycles. The van der Waals surface area contributed by atoms with Crippen molar-refractivity contribution in [2.24, 2.45) is 0 Å². The first-order valence-corrected chi connectivity index (χ1v) is 8.49. The van der Waals surface area contributed by atoms with Crippen molar-refractivity contribution in [1.29, 1.82) is 0 Å². The van der Waals surface area contributed by atoms with E-state index in [9.17, 15) is 18.0 Å². The molecule has 2 aromatic carbocycles. The molecule has 1 aliphatic heterocycles. The van der Waals surface area contributed by atoms with E-state index in [1.807, 2.05) is 0 Å². The third-order valence-corrected chi connectivity index (χ3v) is 4.27. The molecule has 0 N–H and O–H groups in total. The number of rotatable bonds is 5. The van der Waals surface area contributed by atoms with Gasteiger partial charge in [0.05, 0.1) is 6.61 Å². The van der Waals surface area contributed by atoms with Crippen LogP contribution in [0.2, 0.25) is 0 Å². The number of ether oxygens (including phenoxy) is 2. The van der Waals surface area contributed by atoms with Gasteiger partial charge >= 0.3 is 6.18 Å². The van der Waals surface area contributed by atoms with Crippen molar-refractivity contribution in [2.45, 2.75) is 37.6 Å². The summed E-state index contributed by atoms with van der Waals surface area (Å²) in [6.45, 7) is 0.631. The van der Waals surface area contributed by atoms with Crippen molar-refractivity contribution < 1.29 is 27.4 Å². The molecule has 1 saturated heterocycles. The van der Waals surface area contributed by atoms with Crippen molar-refractivity contribution in [2.75, 3.05) is 6.61 Å². The van der Waals surface area contributed by atoms with Gasteiger partial charge in [0.1, 0.15) is 11.7 Å². The number of halogens is 3. The number of carbonyl (C=O) groups is 1. The lowest BCUT2D eigenvalue weighted by Gasteiger charge is -2.23. The lowest BCUT2D eigenvalue weighted by Crippen LogP contribution is -2.28. The Hall–Kier alpha value is -2.34. The quantitative estimate of drug-likeness (QED) is 0.691. The van der Waals surface area contributed by atoms with E-state index < -0.39 is 17.9 Å². The number of Topliss-reactive ketones (excluding diaryl/α,β-unsaturated/α-hetero) is 1. The van der Waals surface area contributed by atoms with Gasteiger partial charge in [0, 0.05) is 12.0 Å². The normalized spacial score (nSPS) is 19.0. The number of carbonyl (C=O) groups excluding carboxylic acids is 1. The van der Waals surface area contributed by atoms with Crippen LogP contribution in [0.25, 0.3) is 0 Å². The highest BCUT2D eigenvalue weighted by Crippen LogP contribution is 2.37. The third-order valence-electron chi connectivity index (χ3n) is 4.27. The monoisotopic (exact) mass is 364 g/mol. The van der Waals surface area contributed by atoms with Crippen molar-refractivity contribution >= 4 is 5.78 Å². The Morgan fingerprint density at radius 2 is 1.73 bits per heavy atom. The van der Waals surface area contributed by atoms with Gasteiger partial charge in [-0.05, 0) is 42.7 Å². The van der Waals surface area contributed by atoms with Gasteiger partial charge in [-0.2, -0.15) is 13.2 Å². The van der Waals surface area contributed by atoms with Crippen LogP contribution in [0.5, 0.6) is 5.75 Å². The molecule has 1 aliphatic rings. The molecular formula is C20H19F3O3. The van der Waals surface area contributed by atoms with E-state index in [0.29, 0.717) is 12.4 Å². The van der Waals surface area contributed by atoms with Gasteiger partial charge < -0.3 is 9.47 Å². The van der Waals surface area contributed by atoms with E-state index >= 15 is 0 Å². The second-order valence-corrected chi connectivity index (χ2v) is 6.19. The van der Waals surface area contributed by atoms with E-state index in [2.05, 4.69) is 0 Å². The topological polar surface area (TPSA) is 35.5 Å². The Kier molecular flexibility index (Phi) is 5.61. The van der Waals surface area contributed by atoms with E-state index in [4.69, 9.17) is 9.47 Å². The van der Waals surface area contributed by atoms with Crippen molar-refractivity contribution in [3.8, 4) is 5.75 Å². The summed E-state index contributed by atoms with van der Waals surface area (Å²) in [5, 5.41) is 0. The highest BCUT2D eigenvalue weighted by atomic mass is 19.4. The molecule has 138 valence electrons. The molecule has 0 saturated carbocycles. The fourth-order valence-corrected chi connectivity index (χ4v) is 2.95. The van der Waals surface area contributed by atoms with Crippen LogP contribution in [-0.2, 0) is 4.74 Å². The minimum atomic E-state index is -4.66. The summed E-state index contributed by atoms with van der Waals surface area (Å²) in [6.07, 6.45) is -2.25. The number of benzene rings is 2. The lowest BCUT2D eigenvalue weighted by atomic mass is 9.90. The predicted octanol–water partition coefficient (Wildman–Crippen LogP) is 5.12. The molecule has 0 amide bonds. The maximum absolute atomic E-state index is 13.5. The van der Waals surface area contributed by atoms with Crippen LogP contribution in [0, 0.1) is 0 Å². The fraction of sp³-hybridized carbons (Fsp3) is 0.350. The Balaban J connectivity index is 1.77. The molecule has 26 heavy (non-hydrogen) atoms. The van der Waals surface area contributed by atoms with E-state index in [1.165, 1.54) is 48.5 Å². The molecule has 0 bridgehead atoms. The zero-order valence-electron chi connectivity index (χ0n) is 14.0. The van der Waals surface area contributed by atoms with Gasteiger partial charge in [0.15, 0.2) is 12.1 Å². The molecule has 2 atom stereocenters. The van der Waals surface area contributed by atoms with Crippen LogP contribution in [0.1, 0.15) is 41.1 Å². The molecule has 1 fully saturated rings. The summed E-state index contributed by atoms with van der Waals surface area (Å²) < 4.78 is 51.5. The Morgan fingerprint density at radius 3 is 2.31 bits per heavy atom. The highest BCUT2D eigenvalue weighted by Gasteiger charge is 2.45. The largest absolute Gasteiger partial charge is 0.465 e. The van der Waals surface area contributed by atoms with Gasteiger partial charge in [-0.1, -0.05) is 30.3 Å². The number of hydrogen-bond acceptors (Lipinski definition) is 3. The average Bonchev–Trinajstić information content (AvgIpc) is 2.63. The average molecular weight is 364 g/mol. The van der Waals surface area contributed by atoms with Gasteiger partial charge in [-0.25, -0.2) is 0 Å². The second kappa shape index (κ2) is 7.91. The summed E-state index contributed by atoms with van der Waals surface area (Å²) >= 11 is 0. The van der Waals surface area contributed by atoms with E-state index in [0.717, 1.165) is 19.3 Å². The molecule has 3 rings (SSSR count). The summed E-state index contributed by atoms with van der Waals surface area (Å²) in [5.41, 5.74) is -0.0750. The Morgan fingerprint density at radius 1 is 1.04 bits per heavy atom. The van der Waals surface area contributed by atoms with Crippen LogP contribution in [0.15, 0.2) is 54.6 Å². The van der Waals surface area contributed by atoms with Crippen LogP contribution in [0.3, 0.4) is 0 Å². The number of hydrogen-bond donors (Lipinski definition) is 0. The zero-order chi connectivity index (χ0) is 18.6. The van der Waals surface area contributed by atoms with Crippen molar-refractivity contribution in [3.63, 3.8) is 0 Å². The molecule has 3 nitrogen and oxygen atoms in total. The Bertz CT molecular complexity index is 720. The summed E-state index contributed by atoms with van der Waals surface area (Å²) in [7, 11) is 0. The smallest absolute Gasteiger partial charge is 0.402 e. The Labute approximate surface area is 149 Å². The maximum atomic E-state index is 13.5. The molecule has 0 aromatic heterocycles. The minimum absolute atomic E-state index is 0.00640. The third kappa shape index (κ3) is 4.43. The first kappa shape index (κ1) is 18.5. The number of alkyl halides is 3. The summed E-state index contributed by atoms with van der Waals surface area (Å²) in [4.78, 5) is 12.5. The second-order valence-electron chi connectivity index (χ2n) is 6.19. The van der Waals surface area contributed by atoms with Gasteiger partial charge in [-0.15, -0.1) is 0 Å². The highest BCUT2D eigenvalue weighted by molar-refractivity contribution is 6.01. The predicted molar refractivity (Wildman–Crippen MR) is 90.2 cm³/mol. The first-order chi connectivity index (χ1) is 12.4. The first-order valence-electron chi connectivity index (χ1n) is 8.49. The van der Waals surface area contributed by atoms with Gasteiger partial charge in [0.25, 0.3) is 0 Å². The molecule has 2 unspecified atom stereocenters. The van der Waals surface area contributed by atoms with Crippen LogP contribution in [0.4, 0.5) is 13.2 Å². The molecule has 0 radical (unpaired) electrons. The maximum Gasteiger partial charge on any atom is 0.402 e. The van der Waals surface area contributed by atoms with Gasteiger partial charge in [-0.3, -0.25) is 4.79 Å². The molecule has 1 heterocycles. The molecule has 6 heteroatoms. The minimum Gasteiger partial charge on any atom is -0.465 e. The SMILES string of the molecule is O=C(c1ccc(OC2CCCCO2)cc1)C(c1ccccc1)C(F)(F)F. The van der Waals surface area contributed by atoms with Crippen LogP contribution in [-0.4, -0.2) is 24.9 Å².